The zero-order chi connectivity index (χ0) is 17.8. The molecule has 1 N–H and O–H groups in total. The highest BCUT2D eigenvalue weighted by atomic mass is 16.7. The van der Waals surface area contributed by atoms with E-state index in [1.165, 1.54) is 10.6 Å². The molecule has 1 saturated heterocycles. The first-order chi connectivity index (χ1) is 11.8. The highest BCUT2D eigenvalue weighted by Crippen LogP contribution is 2.36. The number of para-hydroxylation sites is 2. The van der Waals surface area contributed by atoms with Gasteiger partial charge in [-0.2, -0.15) is 4.99 Å². The minimum atomic E-state index is -0.327. The number of aliphatic imine (C=N–C) groups is 1. The van der Waals surface area contributed by atoms with Crippen LogP contribution < -0.4 is 10.4 Å². The fraction of sp³-hybridized carbons (Fsp3) is 0.350. The zero-order valence-corrected chi connectivity index (χ0v) is 15.5. The zero-order valence-electron chi connectivity index (χ0n) is 15.5. The molecule has 0 bridgehead atoms. The van der Waals surface area contributed by atoms with Crippen LogP contribution >= 0.6 is 0 Å². The fourth-order valence-electron chi connectivity index (χ4n) is 3.28. The van der Waals surface area contributed by atoms with Gasteiger partial charge in [-0.05, 0) is 51.4 Å². The van der Waals surface area contributed by atoms with Gasteiger partial charge in [0.05, 0.1) is 23.8 Å². The van der Waals surface area contributed by atoms with Crippen LogP contribution in [0, 0.1) is 0 Å². The van der Waals surface area contributed by atoms with Gasteiger partial charge in [-0.15, -0.1) is 0 Å². The number of nitrogens with one attached hydrogen (secondary N) is 1. The Morgan fingerprint density at radius 3 is 2.08 bits per heavy atom. The summed E-state index contributed by atoms with van der Waals surface area (Å²) in [4.78, 5) is 6.01. The van der Waals surface area contributed by atoms with Crippen LogP contribution in [0.2, 0.25) is 0 Å². The molecule has 4 nitrogen and oxygen atoms in total. The summed E-state index contributed by atoms with van der Waals surface area (Å²) in [5.41, 5.74) is 3.78. The van der Waals surface area contributed by atoms with Crippen LogP contribution in [-0.2, 0) is 9.31 Å². The largest absolute Gasteiger partial charge is 0.494 e. The van der Waals surface area contributed by atoms with Gasteiger partial charge in [0.1, 0.15) is 5.69 Å². The molecular weight excluding hydrogens is 311 g/mol. The SMILES string of the molecule is C[NH+]1C(c2ccc(B3OC(C)(C)C(C)(C)O3)cc2)=Nc2ccccc21. The average Bonchev–Trinajstić information content (AvgIpc) is 3.02. The molecular formula is C20H24BN2O2+. The predicted molar refractivity (Wildman–Crippen MR) is 101 cm³/mol. The van der Waals surface area contributed by atoms with Crippen molar-refractivity contribution in [3.8, 4) is 0 Å². The predicted octanol–water partition coefficient (Wildman–Crippen LogP) is 2.22. The molecule has 2 aliphatic rings. The average molecular weight is 335 g/mol. The van der Waals surface area contributed by atoms with Gasteiger partial charge in [-0.3, -0.25) is 4.90 Å². The van der Waals surface area contributed by atoms with Crippen LogP contribution in [0.3, 0.4) is 0 Å². The molecule has 0 aliphatic carbocycles. The molecule has 2 aromatic rings. The molecule has 0 saturated carbocycles. The standard InChI is InChI=1S/C20H23BN2O2/c1-19(2)20(3,4)25-21(24-19)15-12-10-14(11-13-15)18-22-16-8-6-7-9-17(16)23(18)5/h6-13H,1-5H3/p+1. The molecule has 128 valence electrons. The van der Waals surface area contributed by atoms with Gasteiger partial charge < -0.3 is 9.31 Å². The van der Waals surface area contributed by atoms with E-state index in [0.29, 0.717) is 0 Å². The van der Waals surface area contributed by atoms with Crippen molar-refractivity contribution in [2.75, 3.05) is 7.05 Å². The van der Waals surface area contributed by atoms with Gasteiger partial charge in [0.25, 0.3) is 0 Å². The Kier molecular flexibility index (Phi) is 3.65. The molecule has 4 rings (SSSR count). The van der Waals surface area contributed by atoms with E-state index in [0.717, 1.165) is 22.5 Å². The highest BCUT2D eigenvalue weighted by molar-refractivity contribution is 6.62. The summed E-state index contributed by atoms with van der Waals surface area (Å²) in [5, 5.41) is 0. The second-order valence-electron chi connectivity index (χ2n) is 7.81. The lowest BCUT2D eigenvalue weighted by Gasteiger charge is -2.32. The van der Waals surface area contributed by atoms with Crippen LogP contribution in [0.25, 0.3) is 0 Å². The highest BCUT2D eigenvalue weighted by Gasteiger charge is 2.51. The van der Waals surface area contributed by atoms with Gasteiger partial charge in [-0.25, -0.2) is 0 Å². The van der Waals surface area contributed by atoms with Gasteiger partial charge in [0.2, 0.25) is 5.84 Å². The Hall–Kier alpha value is -1.95. The van der Waals surface area contributed by atoms with E-state index in [1.54, 1.807) is 0 Å². The third kappa shape index (κ3) is 2.63. The van der Waals surface area contributed by atoms with E-state index in [-0.39, 0.29) is 18.3 Å². The number of hydrogen-bond donors (Lipinski definition) is 1. The summed E-state index contributed by atoms with van der Waals surface area (Å²) in [6.07, 6.45) is 0. The van der Waals surface area contributed by atoms with Gasteiger partial charge >= 0.3 is 7.12 Å². The number of hydrogen-bond acceptors (Lipinski definition) is 3. The third-order valence-corrected chi connectivity index (χ3v) is 5.61. The molecule has 1 unspecified atom stereocenters. The molecule has 2 aromatic carbocycles. The van der Waals surface area contributed by atoms with Crippen LogP contribution in [-0.4, -0.2) is 31.2 Å². The third-order valence-electron chi connectivity index (χ3n) is 5.61. The Morgan fingerprint density at radius 1 is 0.880 bits per heavy atom. The number of benzene rings is 2. The van der Waals surface area contributed by atoms with Crippen LogP contribution in [0.15, 0.2) is 53.5 Å². The quantitative estimate of drug-likeness (QED) is 0.855. The molecule has 2 heterocycles. The van der Waals surface area contributed by atoms with Crippen LogP contribution in [0.4, 0.5) is 11.4 Å². The monoisotopic (exact) mass is 335 g/mol. The Balaban J connectivity index is 1.59. The summed E-state index contributed by atoms with van der Waals surface area (Å²) >= 11 is 0. The van der Waals surface area contributed by atoms with Crippen molar-refractivity contribution in [3.05, 3.63) is 54.1 Å². The van der Waals surface area contributed by atoms with E-state index >= 15 is 0 Å². The van der Waals surface area contributed by atoms with Crippen molar-refractivity contribution in [1.29, 1.82) is 0 Å². The van der Waals surface area contributed by atoms with Crippen molar-refractivity contribution in [3.63, 3.8) is 0 Å². The fourth-order valence-corrected chi connectivity index (χ4v) is 3.28. The summed E-state index contributed by atoms with van der Waals surface area (Å²) in [7, 11) is 1.80. The minimum Gasteiger partial charge on any atom is -0.399 e. The Labute approximate surface area is 149 Å². The van der Waals surface area contributed by atoms with Crippen molar-refractivity contribution < 1.29 is 14.2 Å². The minimum absolute atomic E-state index is 0.322. The van der Waals surface area contributed by atoms with E-state index in [2.05, 4.69) is 77.2 Å². The number of quaternary nitrogens is 1. The maximum absolute atomic E-state index is 6.13. The second-order valence-corrected chi connectivity index (χ2v) is 7.81. The molecule has 1 fully saturated rings. The maximum atomic E-state index is 6.13. The summed E-state index contributed by atoms with van der Waals surface area (Å²) in [5.74, 6) is 1.04. The number of nitrogens with zero attached hydrogens (tertiary/aromatic N) is 1. The number of rotatable bonds is 2. The second kappa shape index (κ2) is 5.53. The van der Waals surface area contributed by atoms with E-state index < -0.39 is 0 Å². The Morgan fingerprint density at radius 2 is 1.48 bits per heavy atom. The molecule has 0 amide bonds. The van der Waals surface area contributed by atoms with Crippen molar-refractivity contribution in [1.82, 2.24) is 0 Å². The lowest BCUT2D eigenvalue weighted by atomic mass is 9.79. The normalized spacial score (nSPS) is 23.5. The van der Waals surface area contributed by atoms with Gasteiger partial charge in [-0.1, -0.05) is 24.3 Å². The molecule has 0 aromatic heterocycles. The lowest BCUT2D eigenvalue weighted by Crippen LogP contribution is -3.05. The lowest BCUT2D eigenvalue weighted by molar-refractivity contribution is -0.700. The van der Waals surface area contributed by atoms with Gasteiger partial charge in [0.15, 0.2) is 5.69 Å². The summed E-state index contributed by atoms with van der Waals surface area (Å²) in [6, 6.07) is 16.6. The molecule has 25 heavy (non-hydrogen) atoms. The number of amidine groups is 1. The smallest absolute Gasteiger partial charge is 0.399 e. The van der Waals surface area contributed by atoms with Gasteiger partial charge in [0, 0.05) is 6.07 Å². The van der Waals surface area contributed by atoms with Crippen molar-refractivity contribution in [2.45, 2.75) is 38.9 Å². The summed E-state index contributed by atoms with van der Waals surface area (Å²) < 4.78 is 12.3. The topological polar surface area (TPSA) is 35.3 Å². The molecule has 2 aliphatic heterocycles. The first kappa shape index (κ1) is 16.5. The Bertz CT molecular complexity index is 827. The van der Waals surface area contributed by atoms with Crippen molar-refractivity contribution >= 4 is 29.8 Å². The first-order valence-corrected chi connectivity index (χ1v) is 8.76. The number of fused-ring (bicyclic) bond motifs is 1. The van der Waals surface area contributed by atoms with E-state index in [9.17, 15) is 0 Å². The maximum Gasteiger partial charge on any atom is 0.494 e. The van der Waals surface area contributed by atoms with E-state index in [4.69, 9.17) is 14.3 Å². The summed E-state index contributed by atoms with van der Waals surface area (Å²) in [6.45, 7) is 8.29. The van der Waals surface area contributed by atoms with Crippen LogP contribution in [0.1, 0.15) is 33.3 Å². The molecule has 1 atom stereocenters. The van der Waals surface area contributed by atoms with Crippen molar-refractivity contribution in [2.24, 2.45) is 4.99 Å². The molecule has 5 heteroatoms. The first-order valence-electron chi connectivity index (χ1n) is 8.76. The van der Waals surface area contributed by atoms with Crippen LogP contribution in [0.5, 0.6) is 0 Å². The molecule has 0 radical (unpaired) electrons. The van der Waals surface area contributed by atoms with E-state index in [1.807, 2.05) is 6.07 Å². The molecule has 0 spiro atoms.